The first-order valence-electron chi connectivity index (χ1n) is 6.00. The van der Waals surface area contributed by atoms with E-state index in [1.165, 1.54) is 31.4 Å². The number of benzene rings is 1. The molecular weight excluding hydrogens is 280 g/mol. The minimum Gasteiger partial charge on any atom is -0.461 e. The molecule has 0 unspecified atom stereocenters. The minimum absolute atomic E-state index is 0.0208. The molecule has 0 saturated carbocycles. The smallest absolute Gasteiger partial charge is 0.361 e. The second-order valence-electron chi connectivity index (χ2n) is 3.87. The van der Waals surface area contributed by atoms with Gasteiger partial charge in [-0.1, -0.05) is 4.85 Å². The van der Waals surface area contributed by atoms with Gasteiger partial charge in [-0.25, -0.2) is 4.79 Å². The van der Waals surface area contributed by atoms with Crippen molar-refractivity contribution in [2.45, 2.75) is 6.92 Å². The maximum atomic E-state index is 11.8. The van der Waals surface area contributed by atoms with Crippen LogP contribution in [0.25, 0.3) is 11.3 Å². The molecule has 1 aromatic carbocycles. The van der Waals surface area contributed by atoms with E-state index >= 15 is 0 Å². The fraction of sp³-hybridized carbons (Fsp3) is 0.250. The lowest BCUT2D eigenvalue weighted by Crippen LogP contribution is -2.11. The number of rotatable bonds is 5. The summed E-state index contributed by atoms with van der Waals surface area (Å²) in [6.45, 7) is 1.86. The largest absolute Gasteiger partial charge is 0.461 e. The molecule has 21 heavy (non-hydrogen) atoms. The van der Waals surface area contributed by atoms with Gasteiger partial charge in [0.2, 0.25) is 5.69 Å². The molecule has 1 heterocycles. The van der Waals surface area contributed by atoms with Crippen molar-refractivity contribution in [1.82, 2.24) is 15.2 Å². The minimum atomic E-state index is -0.644. The van der Waals surface area contributed by atoms with E-state index in [9.17, 15) is 14.9 Å². The predicted molar refractivity (Wildman–Crippen MR) is 70.6 cm³/mol. The van der Waals surface area contributed by atoms with Crippen LogP contribution >= 0.6 is 0 Å². The van der Waals surface area contributed by atoms with Crippen molar-refractivity contribution < 1.29 is 19.3 Å². The van der Waals surface area contributed by atoms with Gasteiger partial charge in [0, 0.05) is 17.7 Å². The van der Waals surface area contributed by atoms with E-state index in [0.29, 0.717) is 5.56 Å². The zero-order valence-electron chi connectivity index (χ0n) is 11.3. The fourth-order valence-corrected chi connectivity index (χ4v) is 1.72. The van der Waals surface area contributed by atoms with Crippen molar-refractivity contribution in [3.05, 3.63) is 40.1 Å². The number of nitro benzene ring substituents is 1. The van der Waals surface area contributed by atoms with Gasteiger partial charge in [0.25, 0.3) is 5.69 Å². The SMILES string of the molecule is CCOC(=O)c1nnn(OC)c1-c1ccc([N+](=O)[O-])cc1. The quantitative estimate of drug-likeness (QED) is 0.461. The molecule has 9 nitrogen and oxygen atoms in total. The van der Waals surface area contributed by atoms with Gasteiger partial charge in [0.1, 0.15) is 12.8 Å². The summed E-state index contributed by atoms with van der Waals surface area (Å²) in [6, 6.07) is 5.60. The Morgan fingerprint density at radius 1 is 1.38 bits per heavy atom. The molecule has 9 heteroatoms. The Balaban J connectivity index is 2.48. The molecule has 0 spiro atoms. The maximum absolute atomic E-state index is 11.8. The number of non-ortho nitro benzene ring substituents is 1. The van der Waals surface area contributed by atoms with Gasteiger partial charge in [-0.15, -0.1) is 5.10 Å². The number of esters is 1. The van der Waals surface area contributed by atoms with Crippen LogP contribution < -0.4 is 4.84 Å². The van der Waals surface area contributed by atoms with Gasteiger partial charge < -0.3 is 9.57 Å². The van der Waals surface area contributed by atoms with E-state index in [1.54, 1.807) is 6.92 Å². The molecule has 0 aliphatic carbocycles. The van der Waals surface area contributed by atoms with E-state index in [0.717, 1.165) is 4.85 Å². The Morgan fingerprint density at radius 3 is 2.57 bits per heavy atom. The van der Waals surface area contributed by atoms with Crippen LogP contribution in [-0.4, -0.2) is 39.8 Å². The molecule has 2 rings (SSSR count). The lowest BCUT2D eigenvalue weighted by molar-refractivity contribution is -0.384. The van der Waals surface area contributed by atoms with E-state index in [1.807, 2.05) is 0 Å². The highest BCUT2D eigenvalue weighted by Gasteiger charge is 2.23. The average Bonchev–Trinajstić information content (AvgIpc) is 2.91. The number of ether oxygens (including phenoxy) is 1. The monoisotopic (exact) mass is 292 g/mol. The third-order valence-electron chi connectivity index (χ3n) is 2.63. The predicted octanol–water partition coefficient (Wildman–Crippen LogP) is 1.09. The number of carbonyl (C=O) groups excluding carboxylic acids is 1. The summed E-state index contributed by atoms with van der Waals surface area (Å²) in [5.41, 5.74) is 0.682. The molecule has 0 radical (unpaired) electrons. The molecule has 0 aliphatic heterocycles. The van der Waals surface area contributed by atoms with Crippen LogP contribution in [-0.2, 0) is 4.74 Å². The molecule has 0 fully saturated rings. The van der Waals surface area contributed by atoms with Crippen molar-refractivity contribution in [2.75, 3.05) is 13.7 Å². The number of aromatic nitrogens is 3. The van der Waals surface area contributed by atoms with Gasteiger partial charge in [-0.2, -0.15) is 0 Å². The van der Waals surface area contributed by atoms with Crippen LogP contribution in [0.1, 0.15) is 17.4 Å². The first kappa shape index (κ1) is 14.4. The normalized spacial score (nSPS) is 10.2. The van der Waals surface area contributed by atoms with Gasteiger partial charge >= 0.3 is 5.97 Å². The maximum Gasteiger partial charge on any atom is 0.361 e. The van der Waals surface area contributed by atoms with Gasteiger partial charge in [-0.3, -0.25) is 10.1 Å². The Labute approximate surface area is 119 Å². The van der Waals surface area contributed by atoms with Crippen LogP contribution in [0, 0.1) is 10.1 Å². The zero-order chi connectivity index (χ0) is 15.4. The highest BCUT2D eigenvalue weighted by Crippen LogP contribution is 2.24. The molecule has 0 N–H and O–H groups in total. The second-order valence-corrected chi connectivity index (χ2v) is 3.87. The molecule has 0 bridgehead atoms. The number of carbonyl (C=O) groups is 1. The summed E-state index contributed by atoms with van der Waals surface area (Å²) in [4.78, 5) is 28.0. The van der Waals surface area contributed by atoms with Crippen LogP contribution in [0.4, 0.5) is 5.69 Å². The summed E-state index contributed by atoms with van der Waals surface area (Å²) in [5.74, 6) is -0.644. The number of hydrogen-bond acceptors (Lipinski definition) is 7. The summed E-state index contributed by atoms with van der Waals surface area (Å²) in [5, 5.41) is 18.1. The van der Waals surface area contributed by atoms with E-state index in [4.69, 9.17) is 9.57 Å². The third-order valence-corrected chi connectivity index (χ3v) is 2.63. The Kier molecular flexibility index (Phi) is 4.12. The topological polar surface area (TPSA) is 109 Å². The van der Waals surface area contributed by atoms with Crippen molar-refractivity contribution in [1.29, 1.82) is 0 Å². The first-order chi connectivity index (χ1) is 10.1. The molecule has 0 amide bonds. The highest BCUT2D eigenvalue weighted by molar-refractivity contribution is 5.94. The molecule has 0 saturated heterocycles. The van der Waals surface area contributed by atoms with Gasteiger partial charge in [0.05, 0.1) is 11.5 Å². The Hall–Kier alpha value is -2.97. The van der Waals surface area contributed by atoms with Crippen LogP contribution in [0.15, 0.2) is 24.3 Å². The standard InChI is InChI=1S/C12H12N4O5/c1-3-21-12(17)10-11(15(20-2)14-13-10)8-4-6-9(7-5-8)16(18)19/h4-7H,3H2,1-2H3. The van der Waals surface area contributed by atoms with Crippen LogP contribution in [0.2, 0.25) is 0 Å². The lowest BCUT2D eigenvalue weighted by Gasteiger charge is -2.05. The summed E-state index contributed by atoms with van der Waals surface area (Å²) in [6.07, 6.45) is 0. The third kappa shape index (κ3) is 2.81. The van der Waals surface area contributed by atoms with Gasteiger partial charge in [0.15, 0.2) is 0 Å². The van der Waals surface area contributed by atoms with E-state index < -0.39 is 10.9 Å². The fourth-order valence-electron chi connectivity index (χ4n) is 1.72. The first-order valence-corrected chi connectivity index (χ1v) is 6.00. The van der Waals surface area contributed by atoms with Crippen molar-refractivity contribution >= 4 is 11.7 Å². The van der Waals surface area contributed by atoms with E-state index in [2.05, 4.69) is 10.3 Å². The zero-order valence-corrected chi connectivity index (χ0v) is 11.3. The highest BCUT2D eigenvalue weighted by atomic mass is 16.7. The van der Waals surface area contributed by atoms with E-state index in [-0.39, 0.29) is 23.7 Å². The second kappa shape index (κ2) is 5.99. The average molecular weight is 292 g/mol. The number of hydrogen-bond donors (Lipinski definition) is 0. The molecular formula is C12H12N4O5. The van der Waals surface area contributed by atoms with Crippen molar-refractivity contribution in [2.24, 2.45) is 0 Å². The molecule has 0 aliphatic rings. The number of nitrogens with zero attached hydrogens (tertiary/aromatic N) is 4. The molecule has 1 aromatic heterocycles. The van der Waals surface area contributed by atoms with Crippen molar-refractivity contribution in [3.8, 4) is 11.3 Å². The lowest BCUT2D eigenvalue weighted by atomic mass is 10.1. The molecule has 2 aromatic rings. The molecule has 0 atom stereocenters. The van der Waals surface area contributed by atoms with Crippen LogP contribution in [0.5, 0.6) is 0 Å². The van der Waals surface area contributed by atoms with Crippen LogP contribution in [0.3, 0.4) is 0 Å². The Morgan fingerprint density at radius 2 is 2.05 bits per heavy atom. The Bertz CT molecular complexity index is 665. The number of nitro groups is 1. The summed E-state index contributed by atoms with van der Waals surface area (Å²) >= 11 is 0. The molecule has 110 valence electrons. The van der Waals surface area contributed by atoms with Gasteiger partial charge in [-0.05, 0) is 24.3 Å². The van der Waals surface area contributed by atoms with Crippen molar-refractivity contribution in [3.63, 3.8) is 0 Å². The summed E-state index contributed by atoms with van der Waals surface area (Å²) in [7, 11) is 1.36. The summed E-state index contributed by atoms with van der Waals surface area (Å²) < 4.78 is 4.89.